The highest BCUT2D eigenvalue weighted by molar-refractivity contribution is 7.81. The van der Waals surface area contributed by atoms with Crippen molar-refractivity contribution in [2.45, 2.75) is 57.2 Å². The van der Waals surface area contributed by atoms with Crippen LogP contribution >= 0.6 is 12.6 Å². The molecule has 0 aromatic heterocycles. The summed E-state index contributed by atoms with van der Waals surface area (Å²) in [5.74, 6) is 0. The Kier molecular flexibility index (Phi) is 8.07. The molecule has 2 atom stereocenters. The first-order valence-electron chi connectivity index (χ1n) is 7.14. The Labute approximate surface area is 131 Å². The van der Waals surface area contributed by atoms with Gasteiger partial charge in [0, 0.05) is 32.8 Å². The van der Waals surface area contributed by atoms with E-state index in [1.165, 1.54) is 0 Å². The molecule has 20 heavy (non-hydrogen) atoms. The molecular formula is C15H34N2O2S. The summed E-state index contributed by atoms with van der Waals surface area (Å²) < 4.78 is 11.3. The standard InChI is InChI=1S/C15H34N2O2S/c1-14(2,3)16(6)10-12(18-8)13(19-9)11-17(7)15(4,5)20/h12-13,20H,10-11H2,1-9H3. The van der Waals surface area contributed by atoms with Crippen LogP contribution in [0, 0.1) is 0 Å². The van der Waals surface area contributed by atoms with E-state index in [1.54, 1.807) is 14.2 Å². The van der Waals surface area contributed by atoms with Gasteiger partial charge in [-0.2, -0.15) is 12.6 Å². The topological polar surface area (TPSA) is 24.9 Å². The third-order valence-corrected chi connectivity index (χ3v) is 4.35. The number of nitrogens with zero attached hydrogens (tertiary/aromatic N) is 2. The Morgan fingerprint density at radius 2 is 1.20 bits per heavy atom. The van der Waals surface area contributed by atoms with Gasteiger partial charge in [0.25, 0.3) is 0 Å². The average molecular weight is 307 g/mol. The van der Waals surface area contributed by atoms with Gasteiger partial charge < -0.3 is 9.47 Å². The van der Waals surface area contributed by atoms with E-state index < -0.39 is 0 Å². The highest BCUT2D eigenvalue weighted by Gasteiger charge is 2.30. The van der Waals surface area contributed by atoms with E-state index in [0.29, 0.717) is 0 Å². The summed E-state index contributed by atoms with van der Waals surface area (Å²) in [5.41, 5.74) is 0.115. The highest BCUT2D eigenvalue weighted by atomic mass is 32.1. The van der Waals surface area contributed by atoms with Gasteiger partial charge in [-0.05, 0) is 48.7 Å². The number of rotatable bonds is 8. The zero-order chi connectivity index (χ0) is 16.1. The third kappa shape index (κ3) is 6.76. The fourth-order valence-electron chi connectivity index (χ4n) is 1.72. The lowest BCUT2D eigenvalue weighted by Crippen LogP contribution is -2.51. The molecular weight excluding hydrogens is 272 g/mol. The Morgan fingerprint density at radius 3 is 1.45 bits per heavy atom. The molecule has 0 bridgehead atoms. The number of hydrogen-bond donors (Lipinski definition) is 1. The molecule has 2 unspecified atom stereocenters. The summed E-state index contributed by atoms with van der Waals surface area (Å²) in [6.07, 6.45) is 0.0450. The number of ether oxygens (including phenoxy) is 2. The van der Waals surface area contributed by atoms with Crippen molar-refractivity contribution in [2.24, 2.45) is 0 Å². The van der Waals surface area contributed by atoms with Gasteiger partial charge in [0.2, 0.25) is 0 Å². The minimum Gasteiger partial charge on any atom is -0.377 e. The first kappa shape index (κ1) is 20.2. The zero-order valence-corrected chi connectivity index (χ0v) is 15.6. The van der Waals surface area contributed by atoms with Crippen LogP contribution in [0.3, 0.4) is 0 Å². The summed E-state index contributed by atoms with van der Waals surface area (Å²) in [4.78, 5) is 4.29. The van der Waals surface area contributed by atoms with Crippen molar-refractivity contribution in [3.63, 3.8) is 0 Å². The number of likely N-dealkylation sites (N-methyl/N-ethyl adjacent to an activating group) is 2. The van der Waals surface area contributed by atoms with E-state index >= 15 is 0 Å². The van der Waals surface area contributed by atoms with Crippen LogP contribution < -0.4 is 0 Å². The third-order valence-electron chi connectivity index (χ3n) is 4.01. The second-order valence-electron chi connectivity index (χ2n) is 6.97. The molecule has 0 aliphatic heterocycles. The van der Waals surface area contributed by atoms with Crippen molar-refractivity contribution in [3.8, 4) is 0 Å². The van der Waals surface area contributed by atoms with Crippen LogP contribution in [0.25, 0.3) is 0 Å². The lowest BCUT2D eigenvalue weighted by molar-refractivity contribution is -0.0695. The SMILES string of the molecule is COC(CN(C)C(C)(C)C)C(CN(C)C(C)(C)S)OC. The van der Waals surface area contributed by atoms with E-state index in [2.05, 4.69) is 71.1 Å². The molecule has 0 aromatic carbocycles. The molecule has 0 spiro atoms. The lowest BCUT2D eigenvalue weighted by atomic mass is 10.0. The van der Waals surface area contributed by atoms with Crippen molar-refractivity contribution in [2.75, 3.05) is 41.4 Å². The van der Waals surface area contributed by atoms with Gasteiger partial charge in [-0.3, -0.25) is 9.80 Å². The molecule has 122 valence electrons. The Balaban J connectivity index is 4.74. The van der Waals surface area contributed by atoms with Gasteiger partial charge >= 0.3 is 0 Å². The minimum absolute atomic E-state index is 0.0150. The molecule has 0 radical (unpaired) electrons. The molecule has 0 N–H and O–H groups in total. The molecule has 0 heterocycles. The van der Waals surface area contributed by atoms with Gasteiger partial charge in [-0.15, -0.1) is 0 Å². The molecule has 0 fully saturated rings. The van der Waals surface area contributed by atoms with E-state index in [9.17, 15) is 0 Å². The van der Waals surface area contributed by atoms with Crippen LogP contribution in [0.15, 0.2) is 0 Å². The Hall–Kier alpha value is 0.190. The summed E-state index contributed by atoms with van der Waals surface area (Å²) in [6, 6.07) is 0. The number of thiol groups is 1. The predicted octanol–water partition coefficient (Wildman–Crippen LogP) is 2.34. The van der Waals surface area contributed by atoms with Crippen LogP contribution in [-0.2, 0) is 9.47 Å². The van der Waals surface area contributed by atoms with Gasteiger partial charge in [0.1, 0.15) is 0 Å². The van der Waals surface area contributed by atoms with E-state index in [4.69, 9.17) is 9.47 Å². The lowest BCUT2D eigenvalue weighted by Gasteiger charge is -2.39. The first-order valence-corrected chi connectivity index (χ1v) is 7.58. The van der Waals surface area contributed by atoms with Crippen molar-refractivity contribution in [1.82, 2.24) is 9.80 Å². The van der Waals surface area contributed by atoms with E-state index in [-0.39, 0.29) is 22.6 Å². The van der Waals surface area contributed by atoms with Crippen molar-refractivity contribution in [1.29, 1.82) is 0 Å². The molecule has 0 aromatic rings. The van der Waals surface area contributed by atoms with Crippen molar-refractivity contribution >= 4 is 12.6 Å². The molecule has 0 amide bonds. The highest BCUT2D eigenvalue weighted by Crippen LogP contribution is 2.19. The second kappa shape index (κ2) is 7.99. The molecule has 0 saturated carbocycles. The van der Waals surface area contributed by atoms with Crippen LogP contribution in [0.2, 0.25) is 0 Å². The van der Waals surface area contributed by atoms with Gasteiger partial charge in [0.15, 0.2) is 0 Å². The van der Waals surface area contributed by atoms with Crippen molar-refractivity contribution in [3.05, 3.63) is 0 Å². The Bertz CT molecular complexity index is 246. The van der Waals surface area contributed by atoms with Crippen LogP contribution in [0.4, 0.5) is 0 Å². The molecule has 0 aliphatic rings. The Morgan fingerprint density at radius 1 is 0.850 bits per heavy atom. The number of methoxy groups -OCH3 is 2. The monoisotopic (exact) mass is 306 g/mol. The minimum atomic E-state index is -0.176. The maximum Gasteiger partial charge on any atom is 0.0972 e. The predicted molar refractivity (Wildman–Crippen MR) is 89.7 cm³/mol. The van der Waals surface area contributed by atoms with Gasteiger partial charge in [-0.25, -0.2) is 0 Å². The summed E-state index contributed by atoms with van der Waals surface area (Å²) >= 11 is 4.60. The largest absolute Gasteiger partial charge is 0.377 e. The summed E-state index contributed by atoms with van der Waals surface area (Å²) in [6.45, 7) is 12.4. The van der Waals surface area contributed by atoms with E-state index in [0.717, 1.165) is 13.1 Å². The quantitative estimate of drug-likeness (QED) is 0.550. The summed E-state index contributed by atoms with van der Waals surface area (Å²) in [7, 11) is 7.66. The molecule has 4 nitrogen and oxygen atoms in total. The molecule has 0 aliphatic carbocycles. The fourth-order valence-corrected chi connectivity index (χ4v) is 1.81. The summed E-state index contributed by atoms with van der Waals surface area (Å²) in [5, 5.41) is 0. The fraction of sp³-hybridized carbons (Fsp3) is 1.00. The maximum absolute atomic E-state index is 5.66. The van der Waals surface area contributed by atoms with Gasteiger partial charge in [0.05, 0.1) is 17.1 Å². The first-order chi connectivity index (χ1) is 8.93. The molecule has 5 heteroatoms. The molecule has 0 saturated heterocycles. The second-order valence-corrected chi connectivity index (χ2v) is 8.07. The van der Waals surface area contributed by atoms with Crippen LogP contribution in [-0.4, -0.2) is 73.8 Å². The smallest absolute Gasteiger partial charge is 0.0972 e. The number of hydrogen-bond acceptors (Lipinski definition) is 5. The van der Waals surface area contributed by atoms with Gasteiger partial charge in [-0.1, -0.05) is 0 Å². The maximum atomic E-state index is 5.66. The van der Waals surface area contributed by atoms with Crippen LogP contribution in [0.1, 0.15) is 34.6 Å². The normalized spacial score (nSPS) is 16.8. The average Bonchev–Trinajstić information content (AvgIpc) is 2.30. The van der Waals surface area contributed by atoms with E-state index in [1.807, 2.05) is 0 Å². The van der Waals surface area contributed by atoms with Crippen LogP contribution in [0.5, 0.6) is 0 Å². The molecule has 0 rings (SSSR count). The van der Waals surface area contributed by atoms with Crippen molar-refractivity contribution < 1.29 is 9.47 Å². The zero-order valence-electron chi connectivity index (χ0n) is 14.7.